The van der Waals surface area contributed by atoms with Crippen LogP contribution in [0.4, 0.5) is 0 Å². The number of carbonyl (C=O) groups excluding carboxylic acids is 1. The molecule has 0 rings (SSSR count). The topological polar surface area (TPSA) is 47.1 Å². The van der Waals surface area contributed by atoms with Gasteiger partial charge in [-0.05, 0) is 11.6 Å². The first-order valence-corrected chi connectivity index (χ1v) is 1.83. The second kappa shape index (κ2) is 10.0. The van der Waals surface area contributed by atoms with Crippen LogP contribution < -0.4 is 29.6 Å². The fraction of sp³-hybridized carbons (Fsp3) is 0.667. The molecule has 0 saturated heterocycles. The summed E-state index contributed by atoms with van der Waals surface area (Å²) in [6.07, 6.45) is 0.432. The molecular formula is C3H6ClNaO2. The zero-order chi connectivity index (χ0) is 4.28. The zero-order valence-electron chi connectivity index (χ0n) is 4.44. The van der Waals surface area contributed by atoms with E-state index >= 15 is 0 Å². The van der Waals surface area contributed by atoms with E-state index in [9.17, 15) is 4.79 Å². The Morgan fingerprint density at radius 1 is 1.71 bits per heavy atom. The SMILES string of the molecule is CCC(=O)Cl.[Na+].[OH-]. The third kappa shape index (κ3) is 19.6. The standard InChI is InChI=1S/C3H5ClO.Na.H2O/c1-2-3(4)5;;/h2H2,1H3;;1H2/q;+1;/p-1. The maximum absolute atomic E-state index is 9.58. The molecule has 2 nitrogen and oxygen atoms in total. The van der Waals surface area contributed by atoms with Crippen LogP contribution in [0.5, 0.6) is 0 Å². The third-order valence-corrected chi connectivity index (χ3v) is 0.545. The van der Waals surface area contributed by atoms with Crippen molar-refractivity contribution in [1.82, 2.24) is 0 Å². The van der Waals surface area contributed by atoms with E-state index in [1.54, 1.807) is 6.92 Å². The van der Waals surface area contributed by atoms with Crippen LogP contribution in [0.3, 0.4) is 0 Å². The van der Waals surface area contributed by atoms with Gasteiger partial charge in [0.1, 0.15) is 0 Å². The largest absolute Gasteiger partial charge is 1.00 e. The molecule has 0 unspecified atom stereocenters. The van der Waals surface area contributed by atoms with Crippen LogP contribution in [0.1, 0.15) is 13.3 Å². The third-order valence-electron chi connectivity index (χ3n) is 0.278. The van der Waals surface area contributed by atoms with Crippen LogP contribution in [0.2, 0.25) is 0 Å². The molecule has 0 spiro atoms. The second-order valence-corrected chi connectivity index (χ2v) is 1.13. The monoisotopic (exact) mass is 132 g/mol. The minimum Gasteiger partial charge on any atom is -0.870 e. The number of halogens is 1. The van der Waals surface area contributed by atoms with Gasteiger partial charge >= 0.3 is 29.6 Å². The van der Waals surface area contributed by atoms with E-state index in [1.807, 2.05) is 0 Å². The fourth-order valence-electron chi connectivity index (χ4n) is 0. The molecule has 0 atom stereocenters. The first-order valence-electron chi connectivity index (χ1n) is 1.45. The Morgan fingerprint density at radius 3 is 1.86 bits per heavy atom. The molecule has 4 heteroatoms. The molecular weight excluding hydrogens is 126 g/mol. The molecule has 0 bridgehead atoms. The van der Waals surface area contributed by atoms with E-state index < -0.39 is 0 Å². The van der Waals surface area contributed by atoms with Gasteiger partial charge < -0.3 is 5.48 Å². The Bertz CT molecular complexity index is 48.2. The Balaban J connectivity index is -0.0000000800. The van der Waals surface area contributed by atoms with Gasteiger partial charge in [0, 0.05) is 6.42 Å². The maximum Gasteiger partial charge on any atom is 1.00 e. The van der Waals surface area contributed by atoms with Crippen molar-refractivity contribution in [3.63, 3.8) is 0 Å². The van der Waals surface area contributed by atoms with E-state index in [1.165, 1.54) is 0 Å². The molecule has 0 heterocycles. The molecule has 0 amide bonds. The number of hydrogen-bond donors (Lipinski definition) is 0. The van der Waals surface area contributed by atoms with Gasteiger partial charge in [-0.1, -0.05) is 6.92 Å². The van der Waals surface area contributed by atoms with Crippen molar-refractivity contribution in [1.29, 1.82) is 0 Å². The van der Waals surface area contributed by atoms with Crippen LogP contribution in [0.15, 0.2) is 0 Å². The first-order chi connectivity index (χ1) is 2.27. The summed E-state index contributed by atoms with van der Waals surface area (Å²) in [5.41, 5.74) is 0. The van der Waals surface area contributed by atoms with Crippen molar-refractivity contribution < 1.29 is 39.8 Å². The van der Waals surface area contributed by atoms with Crippen molar-refractivity contribution in [2.45, 2.75) is 13.3 Å². The molecule has 38 valence electrons. The predicted octanol–water partition coefficient (Wildman–Crippen LogP) is -2.01. The molecule has 0 aromatic heterocycles. The van der Waals surface area contributed by atoms with Crippen LogP contribution in [-0.2, 0) is 4.79 Å². The summed E-state index contributed by atoms with van der Waals surface area (Å²) in [6, 6.07) is 0. The molecule has 0 aliphatic carbocycles. The smallest absolute Gasteiger partial charge is 0.870 e. The number of carbonyl (C=O) groups is 1. The Kier molecular flexibility index (Phi) is 22.4. The minimum absolute atomic E-state index is 0. The molecule has 7 heavy (non-hydrogen) atoms. The summed E-state index contributed by atoms with van der Waals surface area (Å²) in [6.45, 7) is 1.72. The average molecular weight is 133 g/mol. The van der Waals surface area contributed by atoms with Crippen LogP contribution in [-0.4, -0.2) is 10.7 Å². The summed E-state index contributed by atoms with van der Waals surface area (Å²) in [4.78, 5) is 9.58. The average Bonchev–Trinajstić information content (AvgIpc) is 1.38. The van der Waals surface area contributed by atoms with Gasteiger partial charge in [-0.2, -0.15) is 0 Å². The maximum atomic E-state index is 9.58. The molecule has 0 aromatic carbocycles. The molecule has 0 radical (unpaired) electrons. The fourth-order valence-corrected chi connectivity index (χ4v) is 0. The van der Waals surface area contributed by atoms with E-state index in [2.05, 4.69) is 0 Å². The van der Waals surface area contributed by atoms with Gasteiger partial charge in [0.2, 0.25) is 5.24 Å². The van der Waals surface area contributed by atoms with E-state index in [-0.39, 0.29) is 40.3 Å². The van der Waals surface area contributed by atoms with Crippen molar-refractivity contribution in [2.24, 2.45) is 0 Å². The normalized spacial score (nSPS) is 5.43. The Hall–Kier alpha value is 0.920. The molecule has 0 aliphatic rings. The van der Waals surface area contributed by atoms with E-state index in [0.29, 0.717) is 6.42 Å². The summed E-state index contributed by atoms with van der Waals surface area (Å²) >= 11 is 4.82. The van der Waals surface area contributed by atoms with Gasteiger partial charge in [-0.15, -0.1) is 0 Å². The van der Waals surface area contributed by atoms with Crippen LogP contribution >= 0.6 is 11.6 Å². The van der Waals surface area contributed by atoms with Gasteiger partial charge in [0.25, 0.3) is 0 Å². The second-order valence-electron chi connectivity index (χ2n) is 0.709. The number of hydrogen-bond acceptors (Lipinski definition) is 2. The van der Waals surface area contributed by atoms with Gasteiger partial charge in [0.05, 0.1) is 0 Å². The summed E-state index contributed by atoms with van der Waals surface area (Å²) in [5, 5.41) is -0.273. The quantitative estimate of drug-likeness (QED) is 0.306. The van der Waals surface area contributed by atoms with E-state index in [0.717, 1.165) is 0 Å². The van der Waals surface area contributed by atoms with Crippen molar-refractivity contribution in [2.75, 3.05) is 0 Å². The van der Waals surface area contributed by atoms with Crippen molar-refractivity contribution >= 4 is 16.8 Å². The van der Waals surface area contributed by atoms with Gasteiger partial charge in [-0.3, -0.25) is 4.79 Å². The van der Waals surface area contributed by atoms with E-state index in [4.69, 9.17) is 11.6 Å². The summed E-state index contributed by atoms with van der Waals surface area (Å²) in [7, 11) is 0. The zero-order valence-corrected chi connectivity index (χ0v) is 7.20. The Labute approximate surface area is 69.8 Å². The summed E-state index contributed by atoms with van der Waals surface area (Å²) < 4.78 is 0. The molecule has 0 aromatic rings. The first kappa shape index (κ1) is 15.7. The van der Waals surface area contributed by atoms with Crippen molar-refractivity contribution in [3.8, 4) is 0 Å². The minimum atomic E-state index is -0.273. The predicted molar refractivity (Wildman–Crippen MR) is 23.1 cm³/mol. The Morgan fingerprint density at radius 2 is 1.86 bits per heavy atom. The van der Waals surface area contributed by atoms with Crippen molar-refractivity contribution in [3.05, 3.63) is 0 Å². The molecule has 1 N–H and O–H groups in total. The van der Waals surface area contributed by atoms with Crippen LogP contribution in [0.25, 0.3) is 0 Å². The molecule has 0 saturated carbocycles. The van der Waals surface area contributed by atoms with Gasteiger partial charge in [-0.25, -0.2) is 0 Å². The van der Waals surface area contributed by atoms with Crippen LogP contribution in [0, 0.1) is 0 Å². The summed E-state index contributed by atoms with van der Waals surface area (Å²) in [5.74, 6) is 0. The van der Waals surface area contributed by atoms with Gasteiger partial charge in [0.15, 0.2) is 0 Å². The molecule has 0 fully saturated rings. The molecule has 0 aliphatic heterocycles. The number of rotatable bonds is 1.